The Bertz CT molecular complexity index is 3220. The number of carbonyl (C=O) groups excluding carboxylic acids is 4. The van der Waals surface area contributed by atoms with Gasteiger partial charge in [-0.15, -0.1) is 0 Å². The second kappa shape index (κ2) is 19.4. The minimum absolute atomic E-state index is 0.195. The summed E-state index contributed by atoms with van der Waals surface area (Å²) in [6, 6.07) is 27.8. The number of ether oxygens (including phenoxy) is 1. The molecule has 8 aromatic rings. The van der Waals surface area contributed by atoms with Crippen molar-refractivity contribution in [2.45, 2.75) is 19.3 Å². The Morgan fingerprint density at radius 3 is 1.30 bits per heavy atom. The SMILES string of the molecule is COc1cnc2ccc(C(=O)c3ccc(NC(=O)c4ccc(Cl)c(C(F)(F)F)c4)cc3)cc2n1.Cc1cnc2ccc(C(=O)c3ccc(NC(=O)c4ccc(Cl)c(C(F)(F)F)c4)cc3)cc2n1. The molecule has 0 aliphatic carbocycles. The van der Waals surface area contributed by atoms with Gasteiger partial charge in [0.15, 0.2) is 11.6 Å². The minimum atomic E-state index is -4.69. The van der Waals surface area contributed by atoms with E-state index in [9.17, 15) is 45.5 Å². The van der Waals surface area contributed by atoms with Gasteiger partial charge in [-0.05, 0) is 128 Å². The molecule has 8 rings (SSSR count). The van der Waals surface area contributed by atoms with Gasteiger partial charge >= 0.3 is 12.4 Å². The molecule has 11 nitrogen and oxygen atoms in total. The third kappa shape index (κ3) is 11.2. The van der Waals surface area contributed by atoms with Crippen molar-refractivity contribution in [3.63, 3.8) is 0 Å². The first kappa shape index (κ1) is 47.2. The molecule has 0 aliphatic rings. The molecule has 2 aromatic heterocycles. The lowest BCUT2D eigenvalue weighted by atomic mass is 10.0. The highest BCUT2D eigenvalue weighted by Crippen LogP contribution is 2.36. The van der Waals surface area contributed by atoms with Gasteiger partial charge < -0.3 is 15.4 Å². The van der Waals surface area contributed by atoms with Gasteiger partial charge in [0, 0.05) is 51.0 Å². The Labute approximate surface area is 385 Å². The average Bonchev–Trinajstić information content (AvgIpc) is 3.30. The van der Waals surface area contributed by atoms with Crippen LogP contribution in [0, 0.1) is 6.92 Å². The molecule has 0 spiro atoms. The van der Waals surface area contributed by atoms with Gasteiger partial charge in [0.1, 0.15) is 0 Å². The van der Waals surface area contributed by atoms with Crippen molar-refractivity contribution in [1.82, 2.24) is 19.9 Å². The molecule has 0 saturated carbocycles. The molecule has 2 N–H and O–H groups in total. The lowest BCUT2D eigenvalue weighted by Gasteiger charge is -2.11. The van der Waals surface area contributed by atoms with Crippen LogP contribution in [0.1, 0.15) is 69.4 Å². The summed E-state index contributed by atoms with van der Waals surface area (Å²) in [7, 11) is 1.47. The fraction of sp³-hybridized carbons (Fsp3) is 0.0833. The lowest BCUT2D eigenvalue weighted by Crippen LogP contribution is -2.14. The van der Waals surface area contributed by atoms with Crippen LogP contribution in [0.25, 0.3) is 22.1 Å². The summed E-state index contributed by atoms with van der Waals surface area (Å²) in [5.74, 6) is -1.69. The molecule has 0 unspecified atom stereocenters. The highest BCUT2D eigenvalue weighted by Gasteiger charge is 2.35. The van der Waals surface area contributed by atoms with E-state index >= 15 is 0 Å². The van der Waals surface area contributed by atoms with Crippen molar-refractivity contribution in [2.75, 3.05) is 17.7 Å². The van der Waals surface area contributed by atoms with Gasteiger partial charge in [0.05, 0.1) is 62.2 Å². The average molecular weight is 956 g/mol. The van der Waals surface area contributed by atoms with Crippen LogP contribution in [-0.4, -0.2) is 50.4 Å². The number of amides is 2. The van der Waals surface area contributed by atoms with E-state index < -0.39 is 45.3 Å². The van der Waals surface area contributed by atoms with E-state index in [2.05, 4.69) is 30.6 Å². The van der Waals surface area contributed by atoms with Gasteiger partial charge in [-0.3, -0.25) is 24.2 Å². The van der Waals surface area contributed by atoms with Crippen LogP contribution >= 0.6 is 23.2 Å². The van der Waals surface area contributed by atoms with E-state index in [0.29, 0.717) is 73.7 Å². The van der Waals surface area contributed by atoms with Gasteiger partial charge in [-0.2, -0.15) is 26.3 Å². The Balaban J connectivity index is 0.000000199. The number of methoxy groups -OCH3 is 1. The molecule has 2 amide bonds. The molecule has 0 radical (unpaired) electrons. The molecule has 2 heterocycles. The van der Waals surface area contributed by atoms with E-state index in [4.69, 9.17) is 27.9 Å². The first-order chi connectivity index (χ1) is 31.8. The lowest BCUT2D eigenvalue weighted by molar-refractivity contribution is -0.138. The van der Waals surface area contributed by atoms with E-state index in [1.165, 1.54) is 74.0 Å². The second-order valence-electron chi connectivity index (χ2n) is 14.4. The normalized spacial score (nSPS) is 11.4. The number of alkyl halides is 6. The topological polar surface area (TPSA) is 153 Å². The fourth-order valence-electron chi connectivity index (χ4n) is 6.40. The van der Waals surface area contributed by atoms with Crippen LogP contribution in [0.3, 0.4) is 0 Å². The summed E-state index contributed by atoms with van der Waals surface area (Å²) in [4.78, 5) is 67.6. The highest BCUT2D eigenvalue weighted by atomic mass is 35.5. The fourth-order valence-corrected chi connectivity index (χ4v) is 6.85. The predicted molar refractivity (Wildman–Crippen MR) is 239 cm³/mol. The van der Waals surface area contributed by atoms with Crippen molar-refractivity contribution in [2.24, 2.45) is 0 Å². The minimum Gasteiger partial charge on any atom is -0.480 e. The van der Waals surface area contributed by atoms with Crippen LogP contribution in [0.15, 0.2) is 134 Å². The number of benzene rings is 6. The van der Waals surface area contributed by atoms with Crippen molar-refractivity contribution in [3.05, 3.63) is 194 Å². The van der Waals surface area contributed by atoms with Crippen molar-refractivity contribution in [1.29, 1.82) is 0 Å². The zero-order valence-electron chi connectivity index (χ0n) is 34.6. The van der Waals surface area contributed by atoms with Gasteiger partial charge in [-0.1, -0.05) is 23.2 Å². The third-order valence-electron chi connectivity index (χ3n) is 9.79. The number of ketones is 2. The summed E-state index contributed by atoms with van der Waals surface area (Å²) in [6.07, 6.45) is -6.24. The quantitative estimate of drug-likeness (QED) is 0.106. The Hall–Kier alpha value is -7.76. The number of aryl methyl sites for hydroxylation is 1. The maximum Gasteiger partial charge on any atom is 0.417 e. The summed E-state index contributed by atoms with van der Waals surface area (Å²) >= 11 is 11.2. The number of carbonyl (C=O) groups is 4. The zero-order chi connectivity index (χ0) is 48.2. The molecule has 338 valence electrons. The highest BCUT2D eigenvalue weighted by molar-refractivity contribution is 6.32. The summed E-state index contributed by atoms with van der Waals surface area (Å²) in [6.45, 7) is 1.81. The maximum absolute atomic E-state index is 13.0. The van der Waals surface area contributed by atoms with E-state index in [1.54, 1.807) is 42.6 Å². The number of rotatable bonds is 9. The molecule has 19 heteroatoms. The van der Waals surface area contributed by atoms with Crippen LogP contribution in [0.2, 0.25) is 10.0 Å². The Morgan fingerprint density at radius 2 is 0.881 bits per heavy atom. The van der Waals surface area contributed by atoms with Crippen molar-refractivity contribution in [3.8, 4) is 5.88 Å². The Kier molecular flexibility index (Phi) is 13.7. The summed E-state index contributed by atoms with van der Waals surface area (Å²) < 4.78 is 83.3. The monoisotopic (exact) mass is 954 g/mol. The number of nitrogens with one attached hydrogen (secondary N) is 2. The van der Waals surface area contributed by atoms with Gasteiger partial charge in [0.25, 0.3) is 11.8 Å². The molecular formula is C48H30Cl2F6N6O5. The first-order valence-corrected chi connectivity index (χ1v) is 20.2. The smallest absolute Gasteiger partial charge is 0.417 e. The number of fused-ring (bicyclic) bond motifs is 2. The molecular weight excluding hydrogens is 925 g/mol. The number of hydrogen-bond acceptors (Lipinski definition) is 9. The summed E-state index contributed by atoms with van der Waals surface area (Å²) in [5, 5.41) is 4.04. The zero-order valence-corrected chi connectivity index (χ0v) is 36.1. The van der Waals surface area contributed by atoms with Crippen LogP contribution in [0.4, 0.5) is 37.7 Å². The van der Waals surface area contributed by atoms with E-state index in [0.717, 1.165) is 17.8 Å². The Morgan fingerprint density at radius 1 is 0.493 bits per heavy atom. The first-order valence-electron chi connectivity index (χ1n) is 19.5. The van der Waals surface area contributed by atoms with Crippen LogP contribution in [0.5, 0.6) is 5.88 Å². The molecule has 67 heavy (non-hydrogen) atoms. The van der Waals surface area contributed by atoms with Gasteiger partial charge in [-0.25, -0.2) is 15.0 Å². The largest absolute Gasteiger partial charge is 0.480 e. The molecule has 6 aromatic carbocycles. The molecule has 0 atom stereocenters. The van der Waals surface area contributed by atoms with E-state index in [1.807, 2.05) is 6.92 Å². The molecule has 0 saturated heterocycles. The number of hydrogen-bond donors (Lipinski definition) is 2. The summed E-state index contributed by atoms with van der Waals surface area (Å²) in [5.41, 5.74) is 2.68. The third-order valence-corrected chi connectivity index (χ3v) is 10.5. The van der Waals surface area contributed by atoms with Crippen molar-refractivity contribution < 1.29 is 50.3 Å². The van der Waals surface area contributed by atoms with Crippen LogP contribution in [-0.2, 0) is 12.4 Å². The molecule has 0 bridgehead atoms. The molecule has 0 fully saturated rings. The maximum atomic E-state index is 13.0. The number of halogens is 8. The number of anilines is 2. The number of aromatic nitrogens is 4. The van der Waals surface area contributed by atoms with E-state index in [-0.39, 0.29) is 22.7 Å². The second-order valence-corrected chi connectivity index (χ2v) is 15.3. The van der Waals surface area contributed by atoms with Gasteiger partial charge in [0.2, 0.25) is 5.88 Å². The number of nitrogens with zero attached hydrogens (tertiary/aromatic N) is 4. The van der Waals surface area contributed by atoms with Crippen LogP contribution < -0.4 is 15.4 Å². The molecule has 0 aliphatic heterocycles. The van der Waals surface area contributed by atoms with Crippen molar-refractivity contribution >= 4 is 80.0 Å². The predicted octanol–water partition coefficient (Wildman–Crippen LogP) is 11.9. The standard InChI is InChI=1S/C24H15ClF3N3O3.C24H15ClF3N3O2/c1-34-21-12-29-19-9-5-14(11-20(19)31-21)22(32)13-2-6-16(7-3-13)30-23(33)15-4-8-18(25)17(10-15)24(26,27)28;1-13-12-29-20-9-5-15(11-21(20)30-13)22(32)14-2-6-17(7-3-14)31-23(33)16-4-8-19(25)18(10-16)24(26,27)28/h2-12H,1H3,(H,30,33);2-12H,1H3,(H,31,33).